The third-order valence-corrected chi connectivity index (χ3v) is 3.75. The number of carbonyl (C=O) groups excluding carboxylic acids is 1. The predicted octanol–water partition coefficient (Wildman–Crippen LogP) is 2.44. The van der Waals surface area contributed by atoms with Gasteiger partial charge in [0.15, 0.2) is 0 Å². The molecule has 3 aromatic rings. The molecule has 2 aromatic carbocycles. The molecular weight excluding hydrogens is 338 g/mol. The molecule has 0 radical (unpaired) electrons. The first-order valence-electron chi connectivity index (χ1n) is 7.62. The lowest BCUT2D eigenvalue weighted by Gasteiger charge is -2.25. The molecule has 9 heteroatoms. The van der Waals surface area contributed by atoms with E-state index in [1.54, 1.807) is 28.9 Å². The summed E-state index contributed by atoms with van der Waals surface area (Å²) in [7, 11) is 1.33. The molecule has 0 unspecified atom stereocenters. The molecule has 0 bridgehead atoms. The molecule has 0 saturated carbocycles. The summed E-state index contributed by atoms with van der Waals surface area (Å²) in [5.41, 5.74) is 2.12. The van der Waals surface area contributed by atoms with Gasteiger partial charge in [-0.2, -0.15) is 0 Å². The van der Waals surface area contributed by atoms with Crippen LogP contribution < -0.4 is 5.01 Å². The average molecular weight is 353 g/mol. The molecule has 0 aliphatic rings. The zero-order valence-electron chi connectivity index (χ0n) is 13.8. The number of nitrogens with zero attached hydrogens (tertiary/aromatic N) is 5. The molecule has 26 heavy (non-hydrogen) atoms. The van der Waals surface area contributed by atoms with Crippen LogP contribution >= 0.6 is 0 Å². The molecule has 9 nitrogen and oxygen atoms in total. The number of rotatable bonds is 6. The summed E-state index contributed by atoms with van der Waals surface area (Å²) in [5, 5.41) is 20.3. The van der Waals surface area contributed by atoms with Gasteiger partial charge in [-0.05, 0) is 29.8 Å². The molecule has 0 N–H and O–H groups in total. The van der Waals surface area contributed by atoms with E-state index in [-0.39, 0.29) is 5.69 Å². The van der Waals surface area contributed by atoms with Gasteiger partial charge in [-0.15, -0.1) is 10.2 Å². The monoisotopic (exact) mass is 353 g/mol. The topological polar surface area (TPSA) is 103 Å². The van der Waals surface area contributed by atoms with Crippen molar-refractivity contribution in [3.05, 3.63) is 82.4 Å². The Morgan fingerprint density at radius 2 is 1.73 bits per heavy atom. The Morgan fingerprint density at radius 3 is 2.27 bits per heavy atom. The van der Waals surface area contributed by atoms with Gasteiger partial charge < -0.3 is 4.74 Å². The lowest BCUT2D eigenvalue weighted by Crippen LogP contribution is -2.27. The first-order chi connectivity index (χ1) is 12.6. The molecule has 0 fully saturated rings. The van der Waals surface area contributed by atoms with Crippen molar-refractivity contribution in [1.82, 2.24) is 14.9 Å². The highest BCUT2D eigenvalue weighted by atomic mass is 16.6. The summed E-state index contributed by atoms with van der Waals surface area (Å²) in [5.74, 6) is -0.400. The molecule has 1 heterocycles. The lowest BCUT2D eigenvalue weighted by atomic mass is 10.1. The van der Waals surface area contributed by atoms with Crippen LogP contribution in [0.1, 0.15) is 15.9 Å². The number of hydrogen-bond acceptors (Lipinski definition) is 7. The van der Waals surface area contributed by atoms with E-state index in [0.29, 0.717) is 12.1 Å². The molecule has 0 aliphatic heterocycles. The van der Waals surface area contributed by atoms with E-state index in [9.17, 15) is 14.9 Å². The standard InChI is InChI=1S/C17H15N5O4/c1-26-17(23)14-4-2-13(3-5-14)10-21(20-11-18-19-12-20)15-6-8-16(9-7-15)22(24)25/h2-9,11-12H,10H2,1H3. The fourth-order valence-electron chi connectivity index (χ4n) is 2.41. The van der Waals surface area contributed by atoms with Crippen LogP contribution in [0.15, 0.2) is 61.2 Å². The quantitative estimate of drug-likeness (QED) is 0.381. The number of hydrogen-bond donors (Lipinski definition) is 0. The molecule has 0 amide bonds. The largest absolute Gasteiger partial charge is 0.465 e. The van der Waals surface area contributed by atoms with Crippen molar-refractivity contribution in [3.8, 4) is 0 Å². The van der Waals surface area contributed by atoms with Gasteiger partial charge in [0.25, 0.3) is 5.69 Å². The number of benzene rings is 2. The predicted molar refractivity (Wildman–Crippen MR) is 92.5 cm³/mol. The van der Waals surface area contributed by atoms with Gasteiger partial charge in [0.2, 0.25) is 0 Å². The smallest absolute Gasteiger partial charge is 0.337 e. The summed E-state index contributed by atoms with van der Waals surface area (Å²) in [6, 6.07) is 13.2. The van der Waals surface area contributed by atoms with Crippen LogP contribution in [-0.2, 0) is 11.3 Å². The normalized spacial score (nSPS) is 10.3. The molecule has 132 valence electrons. The third kappa shape index (κ3) is 3.66. The minimum absolute atomic E-state index is 0.0138. The van der Waals surface area contributed by atoms with E-state index in [1.165, 1.54) is 31.9 Å². The van der Waals surface area contributed by atoms with Gasteiger partial charge in [-0.3, -0.25) is 15.1 Å². The Balaban J connectivity index is 1.88. The molecular formula is C17H15N5O4. The number of carbonyl (C=O) groups is 1. The molecule has 1 aromatic heterocycles. The van der Waals surface area contributed by atoms with Crippen molar-refractivity contribution in [2.45, 2.75) is 6.54 Å². The van der Waals surface area contributed by atoms with Crippen LogP contribution in [0, 0.1) is 10.1 Å². The number of nitro benzene ring substituents is 1. The number of nitro groups is 1. The first-order valence-corrected chi connectivity index (χ1v) is 7.62. The highest BCUT2D eigenvalue weighted by Crippen LogP contribution is 2.22. The van der Waals surface area contributed by atoms with Crippen LogP contribution in [0.3, 0.4) is 0 Å². The number of esters is 1. The second-order valence-corrected chi connectivity index (χ2v) is 5.36. The maximum Gasteiger partial charge on any atom is 0.337 e. The SMILES string of the molecule is COC(=O)c1ccc(CN(c2ccc([N+](=O)[O-])cc2)n2cnnc2)cc1. The van der Waals surface area contributed by atoms with Gasteiger partial charge >= 0.3 is 5.97 Å². The second kappa shape index (κ2) is 7.43. The molecule has 3 rings (SSSR count). The van der Waals surface area contributed by atoms with Crippen LogP contribution in [0.2, 0.25) is 0 Å². The molecule has 0 saturated heterocycles. The fraction of sp³-hybridized carbons (Fsp3) is 0.118. The number of aromatic nitrogens is 3. The van der Waals surface area contributed by atoms with Crippen molar-refractivity contribution in [3.63, 3.8) is 0 Å². The first kappa shape index (κ1) is 17.1. The van der Waals surface area contributed by atoms with Crippen molar-refractivity contribution in [2.75, 3.05) is 12.1 Å². The van der Waals surface area contributed by atoms with Gasteiger partial charge in [-0.25, -0.2) is 9.47 Å². The highest BCUT2D eigenvalue weighted by molar-refractivity contribution is 5.89. The van der Waals surface area contributed by atoms with Crippen molar-refractivity contribution >= 4 is 17.3 Å². The van der Waals surface area contributed by atoms with Crippen LogP contribution in [-0.4, -0.2) is 32.9 Å². The minimum Gasteiger partial charge on any atom is -0.465 e. The fourth-order valence-corrected chi connectivity index (χ4v) is 2.41. The molecule has 0 aliphatic carbocycles. The second-order valence-electron chi connectivity index (χ2n) is 5.36. The Kier molecular flexibility index (Phi) is 4.88. The lowest BCUT2D eigenvalue weighted by molar-refractivity contribution is -0.384. The van der Waals surface area contributed by atoms with Gasteiger partial charge in [-0.1, -0.05) is 12.1 Å². The summed E-state index contributed by atoms with van der Waals surface area (Å²) < 4.78 is 6.37. The molecule has 0 atom stereocenters. The summed E-state index contributed by atoms with van der Waals surface area (Å²) in [6.45, 7) is 0.442. The molecule has 0 spiro atoms. The van der Waals surface area contributed by atoms with Gasteiger partial charge in [0, 0.05) is 12.1 Å². The number of non-ortho nitro benzene ring substituents is 1. The van der Waals surface area contributed by atoms with Crippen LogP contribution in [0.4, 0.5) is 11.4 Å². The third-order valence-electron chi connectivity index (χ3n) is 3.75. The van der Waals surface area contributed by atoms with Crippen LogP contribution in [0.5, 0.6) is 0 Å². The van der Waals surface area contributed by atoms with E-state index in [1.807, 2.05) is 17.1 Å². The summed E-state index contributed by atoms with van der Waals surface area (Å²) in [4.78, 5) is 21.9. The van der Waals surface area contributed by atoms with E-state index >= 15 is 0 Å². The Labute approximate surface area is 148 Å². The summed E-state index contributed by atoms with van der Waals surface area (Å²) >= 11 is 0. The van der Waals surface area contributed by atoms with Gasteiger partial charge in [0.1, 0.15) is 12.7 Å². The maximum absolute atomic E-state index is 11.5. The average Bonchev–Trinajstić information content (AvgIpc) is 3.20. The number of ether oxygens (including phenoxy) is 1. The van der Waals surface area contributed by atoms with Crippen molar-refractivity contribution in [1.29, 1.82) is 0 Å². The van der Waals surface area contributed by atoms with Crippen LogP contribution in [0.25, 0.3) is 0 Å². The Morgan fingerprint density at radius 1 is 1.12 bits per heavy atom. The zero-order chi connectivity index (χ0) is 18.5. The van der Waals surface area contributed by atoms with Crippen molar-refractivity contribution < 1.29 is 14.5 Å². The summed E-state index contributed by atoms with van der Waals surface area (Å²) in [6.07, 6.45) is 3.06. The van der Waals surface area contributed by atoms with Gasteiger partial charge in [0.05, 0.1) is 29.8 Å². The van der Waals surface area contributed by atoms with E-state index in [0.717, 1.165) is 11.3 Å². The van der Waals surface area contributed by atoms with Crippen molar-refractivity contribution in [2.24, 2.45) is 0 Å². The highest BCUT2D eigenvalue weighted by Gasteiger charge is 2.13. The Bertz CT molecular complexity index is 892. The Hall–Kier alpha value is -3.75. The van der Waals surface area contributed by atoms with E-state index in [4.69, 9.17) is 4.74 Å². The zero-order valence-corrected chi connectivity index (χ0v) is 13.8. The van der Waals surface area contributed by atoms with E-state index < -0.39 is 10.9 Å². The minimum atomic E-state index is -0.446. The van der Waals surface area contributed by atoms with E-state index in [2.05, 4.69) is 10.2 Å². The number of anilines is 1. The number of methoxy groups -OCH3 is 1. The maximum atomic E-state index is 11.5.